The normalized spacial score (nSPS) is 13.4. The van der Waals surface area contributed by atoms with Crippen LogP contribution in [-0.4, -0.2) is 74.9 Å². The molecule has 0 saturated heterocycles. The number of anilines is 1. The molecule has 1 aromatic carbocycles. The summed E-state index contributed by atoms with van der Waals surface area (Å²) in [5.41, 5.74) is 5.71. The second-order valence-corrected chi connectivity index (χ2v) is 8.76. The quantitative estimate of drug-likeness (QED) is 0.450. The van der Waals surface area contributed by atoms with Gasteiger partial charge in [-0.2, -0.15) is 5.10 Å². The van der Waals surface area contributed by atoms with Crippen LogP contribution >= 0.6 is 0 Å². The number of aromatic amines is 1. The largest absolute Gasteiger partial charge is 0.370 e. The highest BCUT2D eigenvalue weighted by atomic mass is 16.1. The van der Waals surface area contributed by atoms with Crippen molar-refractivity contribution in [3.05, 3.63) is 65.9 Å². The lowest BCUT2D eigenvalue weighted by Gasteiger charge is -2.24. The van der Waals surface area contributed by atoms with Crippen molar-refractivity contribution in [2.75, 3.05) is 58.8 Å². The van der Waals surface area contributed by atoms with Gasteiger partial charge in [-0.05, 0) is 63.8 Å². The summed E-state index contributed by atoms with van der Waals surface area (Å²) in [6.07, 6.45) is 9.82. The molecule has 0 spiro atoms. The summed E-state index contributed by atoms with van der Waals surface area (Å²) >= 11 is 0. The van der Waals surface area contributed by atoms with Crippen LogP contribution in [-0.2, 0) is 4.79 Å². The summed E-state index contributed by atoms with van der Waals surface area (Å²) in [6, 6.07) is 10.6. The summed E-state index contributed by atoms with van der Waals surface area (Å²) < 4.78 is 0. The molecule has 1 amide bonds. The van der Waals surface area contributed by atoms with Crippen LogP contribution in [0.4, 0.5) is 5.69 Å². The summed E-state index contributed by atoms with van der Waals surface area (Å²) in [4.78, 5) is 17.1. The second-order valence-electron chi connectivity index (χ2n) is 8.76. The van der Waals surface area contributed by atoms with Crippen molar-refractivity contribution in [3.8, 4) is 11.3 Å². The lowest BCUT2D eigenvalue weighted by molar-refractivity contribution is -0.117. The van der Waals surface area contributed by atoms with E-state index in [1.54, 1.807) is 0 Å². The van der Waals surface area contributed by atoms with Crippen LogP contribution in [0.15, 0.2) is 60.2 Å². The number of nitrogens with zero attached hydrogens (tertiary/aromatic N) is 3. The summed E-state index contributed by atoms with van der Waals surface area (Å²) in [5, 5.41) is 13.9. The van der Waals surface area contributed by atoms with Crippen molar-refractivity contribution < 1.29 is 4.79 Å². The third-order valence-corrected chi connectivity index (χ3v) is 5.73. The number of likely N-dealkylation sites (N-methyl/N-ethyl adjacent to an activating group) is 2. The first-order valence-corrected chi connectivity index (χ1v) is 12.1. The second kappa shape index (κ2) is 12.9. The molecular weight excluding hydrogens is 424 g/mol. The molecule has 1 heterocycles. The Balaban J connectivity index is 1.72. The maximum absolute atomic E-state index is 12.6. The molecule has 0 radical (unpaired) electrons. The Morgan fingerprint density at radius 2 is 1.91 bits per heavy atom. The van der Waals surface area contributed by atoms with E-state index in [1.807, 2.05) is 44.3 Å². The summed E-state index contributed by atoms with van der Waals surface area (Å²) in [5.74, 6) is -0.0591. The SMILES string of the molecule is CCCN(CCNC)c1ccc(-c2cc(C3=CCC=CC(C(=O)NCCN(C)C)=C3)[nH]n2)cc1. The van der Waals surface area contributed by atoms with Gasteiger partial charge in [0.1, 0.15) is 0 Å². The lowest BCUT2D eigenvalue weighted by atomic mass is 10.1. The molecule has 3 rings (SSSR count). The fourth-order valence-electron chi connectivity index (χ4n) is 3.84. The minimum atomic E-state index is -0.0591. The number of rotatable bonds is 12. The number of amides is 1. The van der Waals surface area contributed by atoms with Gasteiger partial charge in [0.15, 0.2) is 0 Å². The van der Waals surface area contributed by atoms with Crippen LogP contribution in [0.5, 0.6) is 0 Å². The van der Waals surface area contributed by atoms with E-state index in [4.69, 9.17) is 0 Å². The average molecular weight is 463 g/mol. The van der Waals surface area contributed by atoms with Crippen molar-refractivity contribution in [1.29, 1.82) is 0 Å². The first-order chi connectivity index (χ1) is 16.5. The minimum Gasteiger partial charge on any atom is -0.370 e. The van der Waals surface area contributed by atoms with Gasteiger partial charge in [0, 0.05) is 49.5 Å². The molecule has 1 aromatic heterocycles. The van der Waals surface area contributed by atoms with Crippen LogP contribution in [0.25, 0.3) is 16.8 Å². The molecule has 182 valence electrons. The number of hydrogen-bond acceptors (Lipinski definition) is 5. The molecule has 2 aromatic rings. The standard InChI is InChI=1S/C27H38N6O/c1-5-16-33(18-14-28-2)24-12-10-21(11-13-24)25-20-26(31-30-25)22-8-6-7-9-23(19-22)27(34)29-15-17-32(3)4/h7-13,19-20,28H,5-6,14-18H2,1-4H3,(H,29,34)(H,30,31). The van der Waals surface area contributed by atoms with Crippen LogP contribution in [0, 0.1) is 0 Å². The van der Waals surface area contributed by atoms with Gasteiger partial charge in [0.2, 0.25) is 0 Å². The highest BCUT2D eigenvalue weighted by Gasteiger charge is 2.13. The number of hydrogen-bond donors (Lipinski definition) is 3. The number of carbonyl (C=O) groups is 1. The van der Waals surface area contributed by atoms with Gasteiger partial charge >= 0.3 is 0 Å². The molecule has 0 fully saturated rings. The molecule has 1 aliphatic rings. The van der Waals surface area contributed by atoms with E-state index in [1.165, 1.54) is 5.69 Å². The van der Waals surface area contributed by atoms with Gasteiger partial charge in [-0.1, -0.05) is 37.3 Å². The lowest BCUT2D eigenvalue weighted by Crippen LogP contribution is -2.31. The molecule has 0 aliphatic heterocycles. The number of nitrogens with one attached hydrogen (secondary N) is 3. The van der Waals surface area contributed by atoms with Crippen LogP contribution < -0.4 is 15.5 Å². The highest BCUT2D eigenvalue weighted by Crippen LogP contribution is 2.26. The van der Waals surface area contributed by atoms with E-state index in [2.05, 4.69) is 69.1 Å². The van der Waals surface area contributed by atoms with Crippen molar-refractivity contribution in [2.24, 2.45) is 0 Å². The molecule has 0 atom stereocenters. The van der Waals surface area contributed by atoms with Gasteiger partial charge in [-0.15, -0.1) is 0 Å². The van der Waals surface area contributed by atoms with Crippen LogP contribution in [0.1, 0.15) is 25.5 Å². The van der Waals surface area contributed by atoms with E-state index >= 15 is 0 Å². The molecule has 0 bridgehead atoms. The van der Waals surface area contributed by atoms with Crippen LogP contribution in [0.2, 0.25) is 0 Å². The Morgan fingerprint density at radius 3 is 2.62 bits per heavy atom. The van der Waals surface area contributed by atoms with Gasteiger partial charge in [-0.25, -0.2) is 0 Å². The smallest absolute Gasteiger partial charge is 0.251 e. The Kier molecular flexibility index (Phi) is 9.67. The Labute approximate surface area is 203 Å². The Hall–Kier alpha value is -3.16. The number of aromatic nitrogens is 2. The number of benzene rings is 1. The topological polar surface area (TPSA) is 76.3 Å². The first-order valence-electron chi connectivity index (χ1n) is 12.1. The van der Waals surface area contributed by atoms with Crippen molar-refractivity contribution >= 4 is 17.2 Å². The fraction of sp³-hybridized carbons (Fsp3) is 0.407. The minimum absolute atomic E-state index is 0.0591. The predicted molar refractivity (Wildman–Crippen MR) is 142 cm³/mol. The average Bonchev–Trinajstić information content (AvgIpc) is 3.19. The Bertz CT molecular complexity index is 1020. The predicted octanol–water partition coefficient (Wildman–Crippen LogP) is 3.46. The molecule has 1 aliphatic carbocycles. The van der Waals surface area contributed by atoms with E-state index in [-0.39, 0.29) is 5.91 Å². The van der Waals surface area contributed by atoms with E-state index < -0.39 is 0 Å². The third kappa shape index (κ3) is 7.17. The van der Waals surface area contributed by atoms with Crippen LogP contribution in [0.3, 0.4) is 0 Å². The van der Waals surface area contributed by atoms with Crippen molar-refractivity contribution in [2.45, 2.75) is 19.8 Å². The van der Waals surface area contributed by atoms with Gasteiger partial charge in [0.05, 0.1) is 11.4 Å². The van der Waals surface area contributed by atoms with Gasteiger partial charge < -0.3 is 20.4 Å². The molecule has 3 N–H and O–H groups in total. The summed E-state index contributed by atoms with van der Waals surface area (Å²) in [7, 11) is 5.97. The monoisotopic (exact) mass is 462 g/mol. The third-order valence-electron chi connectivity index (χ3n) is 5.73. The molecule has 0 saturated carbocycles. The van der Waals surface area contributed by atoms with E-state index in [9.17, 15) is 4.79 Å². The molecule has 7 nitrogen and oxygen atoms in total. The van der Waals surface area contributed by atoms with Crippen molar-refractivity contribution in [3.63, 3.8) is 0 Å². The zero-order chi connectivity index (χ0) is 24.3. The maximum Gasteiger partial charge on any atom is 0.251 e. The van der Waals surface area contributed by atoms with Gasteiger partial charge in [0.25, 0.3) is 5.91 Å². The zero-order valence-corrected chi connectivity index (χ0v) is 20.9. The van der Waals surface area contributed by atoms with Crippen molar-refractivity contribution in [1.82, 2.24) is 25.7 Å². The summed E-state index contributed by atoms with van der Waals surface area (Å²) in [6.45, 7) is 6.60. The first kappa shape index (κ1) is 25.5. The molecule has 0 unspecified atom stereocenters. The highest BCUT2D eigenvalue weighted by molar-refractivity contribution is 5.99. The maximum atomic E-state index is 12.6. The zero-order valence-electron chi connectivity index (χ0n) is 20.9. The molecule has 34 heavy (non-hydrogen) atoms. The van der Waals surface area contributed by atoms with E-state index in [0.29, 0.717) is 12.1 Å². The van der Waals surface area contributed by atoms with Gasteiger partial charge in [-0.3, -0.25) is 9.89 Å². The Morgan fingerprint density at radius 1 is 1.12 bits per heavy atom. The number of allylic oxidation sites excluding steroid dienone is 4. The number of carbonyl (C=O) groups excluding carboxylic acids is 1. The van der Waals surface area contributed by atoms with E-state index in [0.717, 1.165) is 61.5 Å². The molecular formula is C27H38N6O. The number of H-pyrrole nitrogens is 1. The fourth-order valence-corrected chi connectivity index (χ4v) is 3.84. The molecule has 7 heteroatoms.